The minimum atomic E-state index is -3.76. The maximum Gasteiger partial charge on any atom is 0.311 e. The van der Waals surface area contributed by atoms with Gasteiger partial charge in [0, 0.05) is 18.8 Å². The van der Waals surface area contributed by atoms with Gasteiger partial charge in [-0.25, -0.2) is 8.42 Å². The molecule has 8 heteroatoms. The Labute approximate surface area is 193 Å². The molecule has 0 bridgehead atoms. The average Bonchev–Trinajstić information content (AvgIpc) is 3.34. The first-order valence-electron chi connectivity index (χ1n) is 10.9. The number of likely N-dealkylation sites (tertiary alicyclic amines) is 1. The molecular weight excluding hydrogens is 440 g/mol. The van der Waals surface area contributed by atoms with Crippen molar-refractivity contribution in [2.75, 3.05) is 17.8 Å². The molecule has 1 amide bonds. The molecule has 0 aliphatic carbocycles. The van der Waals surface area contributed by atoms with E-state index in [2.05, 4.69) is 4.72 Å². The first kappa shape index (κ1) is 22.8. The number of fused-ring (bicyclic) bond motifs is 1. The number of anilines is 1. The molecule has 1 heterocycles. The van der Waals surface area contributed by atoms with Gasteiger partial charge < -0.3 is 9.64 Å². The van der Waals surface area contributed by atoms with E-state index in [1.54, 1.807) is 54.3 Å². The van der Waals surface area contributed by atoms with Crippen LogP contribution in [0.2, 0.25) is 0 Å². The van der Waals surface area contributed by atoms with Crippen LogP contribution in [0.4, 0.5) is 5.69 Å². The molecule has 172 valence electrons. The second-order valence-electron chi connectivity index (χ2n) is 8.15. The Kier molecular flexibility index (Phi) is 6.65. The molecule has 1 saturated heterocycles. The minimum absolute atomic E-state index is 0.00464. The third-order valence-corrected chi connectivity index (χ3v) is 7.04. The molecule has 3 aromatic carbocycles. The van der Waals surface area contributed by atoms with E-state index in [0.29, 0.717) is 24.3 Å². The second kappa shape index (κ2) is 9.62. The molecule has 0 spiro atoms. The van der Waals surface area contributed by atoms with Gasteiger partial charge in [0.05, 0.1) is 11.3 Å². The van der Waals surface area contributed by atoms with Crippen molar-refractivity contribution in [1.29, 1.82) is 0 Å². The van der Waals surface area contributed by atoms with Crippen molar-refractivity contribution < 1.29 is 22.7 Å². The summed E-state index contributed by atoms with van der Waals surface area (Å²) in [6.07, 6.45) is 1.13. The van der Waals surface area contributed by atoms with Crippen molar-refractivity contribution >= 4 is 38.4 Å². The highest BCUT2D eigenvalue weighted by atomic mass is 32.2. The van der Waals surface area contributed by atoms with Gasteiger partial charge in [-0.15, -0.1) is 0 Å². The van der Waals surface area contributed by atoms with Gasteiger partial charge in [-0.2, -0.15) is 0 Å². The van der Waals surface area contributed by atoms with Crippen LogP contribution in [0.5, 0.6) is 0 Å². The van der Waals surface area contributed by atoms with Gasteiger partial charge in [0.15, 0.2) is 6.10 Å². The summed E-state index contributed by atoms with van der Waals surface area (Å²) in [5.74, 6) is -0.668. The van der Waals surface area contributed by atoms with E-state index in [9.17, 15) is 18.0 Å². The zero-order valence-electron chi connectivity index (χ0n) is 18.4. The summed E-state index contributed by atoms with van der Waals surface area (Å²) in [5.41, 5.74) is 1.05. The predicted octanol–water partition coefficient (Wildman–Crippen LogP) is 3.74. The molecule has 1 aliphatic heterocycles. The molecular formula is C25H26N2O5S. The first-order valence-corrected chi connectivity index (χ1v) is 12.4. The van der Waals surface area contributed by atoms with Crippen molar-refractivity contribution in [3.63, 3.8) is 0 Å². The third-order valence-electron chi connectivity index (χ3n) is 5.66. The molecule has 1 N–H and O–H groups in total. The van der Waals surface area contributed by atoms with E-state index < -0.39 is 22.1 Å². The van der Waals surface area contributed by atoms with Crippen LogP contribution >= 0.6 is 0 Å². The summed E-state index contributed by atoms with van der Waals surface area (Å²) >= 11 is 0. The maximum atomic E-state index is 12.8. The summed E-state index contributed by atoms with van der Waals surface area (Å²) in [6, 6.07) is 19.0. The first-order chi connectivity index (χ1) is 15.8. The van der Waals surface area contributed by atoms with Crippen molar-refractivity contribution in [3.8, 4) is 0 Å². The van der Waals surface area contributed by atoms with Crippen LogP contribution in [0.25, 0.3) is 10.8 Å². The molecule has 4 rings (SSSR count). The number of nitrogens with one attached hydrogen (secondary N) is 1. The van der Waals surface area contributed by atoms with E-state index in [0.717, 1.165) is 23.6 Å². The van der Waals surface area contributed by atoms with Crippen molar-refractivity contribution in [3.05, 3.63) is 72.3 Å². The van der Waals surface area contributed by atoms with E-state index >= 15 is 0 Å². The fourth-order valence-corrected chi connectivity index (χ4v) is 4.98. The number of esters is 1. The molecule has 33 heavy (non-hydrogen) atoms. The summed E-state index contributed by atoms with van der Waals surface area (Å²) < 4.78 is 33.4. The Morgan fingerprint density at radius 2 is 1.64 bits per heavy atom. The van der Waals surface area contributed by atoms with Gasteiger partial charge in [-0.3, -0.25) is 14.3 Å². The van der Waals surface area contributed by atoms with Crippen LogP contribution in [-0.4, -0.2) is 44.4 Å². The second-order valence-corrected chi connectivity index (χ2v) is 9.84. The average molecular weight is 467 g/mol. The zero-order valence-corrected chi connectivity index (χ0v) is 19.2. The number of hydrogen-bond donors (Lipinski definition) is 1. The van der Waals surface area contributed by atoms with Crippen LogP contribution < -0.4 is 4.72 Å². The number of hydrogen-bond acceptors (Lipinski definition) is 5. The number of rotatable bonds is 7. The van der Waals surface area contributed by atoms with Gasteiger partial charge in [-0.05, 0) is 60.4 Å². The highest BCUT2D eigenvalue weighted by Crippen LogP contribution is 2.22. The zero-order chi connectivity index (χ0) is 23.4. The topological polar surface area (TPSA) is 92.8 Å². The van der Waals surface area contributed by atoms with E-state index in [1.165, 1.54) is 0 Å². The third kappa shape index (κ3) is 5.51. The number of ether oxygens (including phenoxy) is 1. The summed E-state index contributed by atoms with van der Waals surface area (Å²) in [4.78, 5) is 26.4. The van der Waals surface area contributed by atoms with Crippen molar-refractivity contribution in [1.82, 2.24) is 4.90 Å². The van der Waals surface area contributed by atoms with E-state index in [1.807, 2.05) is 24.3 Å². The summed E-state index contributed by atoms with van der Waals surface area (Å²) in [7, 11) is -3.76. The number of carbonyl (C=O) groups excluding carboxylic acids is 2. The molecule has 0 aromatic heterocycles. The normalized spacial score (nSPS) is 14.8. The van der Waals surface area contributed by atoms with E-state index in [4.69, 9.17) is 4.74 Å². The fourth-order valence-electron chi connectivity index (χ4n) is 3.89. The Balaban J connectivity index is 1.36. The quantitative estimate of drug-likeness (QED) is 0.536. The number of amides is 1. The Hall–Kier alpha value is -3.39. The predicted molar refractivity (Wildman–Crippen MR) is 126 cm³/mol. The number of benzene rings is 3. The minimum Gasteiger partial charge on any atom is -0.452 e. The van der Waals surface area contributed by atoms with Gasteiger partial charge in [-0.1, -0.05) is 42.5 Å². The number of carbonyl (C=O) groups is 2. The molecule has 3 aromatic rings. The lowest BCUT2D eigenvalue weighted by Gasteiger charge is -2.20. The largest absolute Gasteiger partial charge is 0.452 e. The lowest BCUT2D eigenvalue weighted by atomic mass is 10.1. The molecule has 1 atom stereocenters. The van der Waals surface area contributed by atoms with Crippen LogP contribution in [0, 0.1) is 0 Å². The van der Waals surface area contributed by atoms with Gasteiger partial charge >= 0.3 is 5.97 Å². The Bertz CT molecular complexity index is 1270. The van der Waals surface area contributed by atoms with Crippen LogP contribution in [0.3, 0.4) is 0 Å². The smallest absolute Gasteiger partial charge is 0.311 e. The monoisotopic (exact) mass is 466 g/mol. The fraction of sp³-hybridized carbons (Fsp3) is 0.280. The van der Waals surface area contributed by atoms with E-state index in [-0.39, 0.29) is 17.2 Å². The standard InChI is InChI=1S/C25H26N2O5S/c1-18(25(29)27-14-4-5-15-27)32-24(28)16-19-8-11-22(12-9-19)26-33(30,31)23-13-10-20-6-2-3-7-21(20)17-23/h2-3,6-13,17-18,26H,4-5,14-16H2,1H3. The van der Waals surface area contributed by atoms with Gasteiger partial charge in [0.25, 0.3) is 15.9 Å². The maximum absolute atomic E-state index is 12.8. The highest BCUT2D eigenvalue weighted by molar-refractivity contribution is 7.92. The van der Waals surface area contributed by atoms with Gasteiger partial charge in [0.1, 0.15) is 0 Å². The highest BCUT2D eigenvalue weighted by Gasteiger charge is 2.26. The van der Waals surface area contributed by atoms with Crippen LogP contribution in [0.1, 0.15) is 25.3 Å². The Morgan fingerprint density at radius 1 is 0.970 bits per heavy atom. The molecule has 0 saturated carbocycles. The Morgan fingerprint density at radius 3 is 2.33 bits per heavy atom. The lowest BCUT2D eigenvalue weighted by molar-refractivity contribution is -0.158. The van der Waals surface area contributed by atoms with Gasteiger partial charge in [0.2, 0.25) is 0 Å². The molecule has 1 unspecified atom stereocenters. The van der Waals surface area contributed by atoms with Crippen molar-refractivity contribution in [2.24, 2.45) is 0 Å². The summed E-state index contributed by atoms with van der Waals surface area (Å²) in [5, 5.41) is 1.80. The lowest BCUT2D eigenvalue weighted by Crippen LogP contribution is -2.38. The summed E-state index contributed by atoms with van der Waals surface area (Å²) in [6.45, 7) is 3.00. The SMILES string of the molecule is CC(OC(=O)Cc1ccc(NS(=O)(=O)c2ccc3ccccc3c2)cc1)C(=O)N1CCCC1. The molecule has 1 aliphatic rings. The number of nitrogens with zero attached hydrogens (tertiary/aromatic N) is 1. The molecule has 0 radical (unpaired) electrons. The molecule has 7 nitrogen and oxygen atoms in total. The number of sulfonamides is 1. The van der Waals surface area contributed by atoms with Crippen LogP contribution in [-0.2, 0) is 30.8 Å². The molecule has 1 fully saturated rings. The van der Waals surface area contributed by atoms with Crippen LogP contribution in [0.15, 0.2) is 71.6 Å². The van der Waals surface area contributed by atoms with Crippen molar-refractivity contribution in [2.45, 2.75) is 37.2 Å².